The summed E-state index contributed by atoms with van der Waals surface area (Å²) in [6, 6.07) is 0. The summed E-state index contributed by atoms with van der Waals surface area (Å²) < 4.78 is 15.0. The maximum atomic E-state index is 5.06. The number of methoxy groups -OCH3 is 2. The molecule has 0 rings (SSSR count). The second-order valence-electron chi connectivity index (χ2n) is 2.67. The first kappa shape index (κ1) is 12.2. The van der Waals surface area contributed by atoms with Crippen molar-refractivity contribution < 1.29 is 14.2 Å². The lowest BCUT2D eigenvalue weighted by atomic mass is 10.4. The highest BCUT2D eigenvalue weighted by Crippen LogP contribution is 1.93. The molecule has 0 aromatic carbocycles. The van der Waals surface area contributed by atoms with Gasteiger partial charge < -0.3 is 14.2 Å². The van der Waals surface area contributed by atoms with E-state index in [2.05, 4.69) is 0 Å². The molecule has 13 heavy (non-hydrogen) atoms. The normalized spacial score (nSPS) is 16.6. The molecule has 0 amide bonds. The van der Waals surface area contributed by atoms with Crippen molar-refractivity contribution >= 4 is 0 Å². The zero-order chi connectivity index (χ0) is 10.1. The van der Waals surface area contributed by atoms with Crippen LogP contribution in [0.2, 0.25) is 0 Å². The maximum Gasteiger partial charge on any atom is 0.0887 e. The van der Waals surface area contributed by atoms with Gasteiger partial charge in [-0.15, -0.1) is 0 Å². The molecule has 0 aliphatic carbocycles. The minimum atomic E-state index is 0.0771. The van der Waals surface area contributed by atoms with Crippen LogP contribution in [-0.2, 0) is 14.2 Å². The van der Waals surface area contributed by atoms with Crippen molar-refractivity contribution in [3.05, 3.63) is 24.7 Å². The van der Waals surface area contributed by atoms with Crippen molar-refractivity contribution in [1.29, 1.82) is 0 Å². The predicted molar refractivity (Wildman–Crippen MR) is 52.3 cm³/mol. The fourth-order valence-electron chi connectivity index (χ4n) is 0.515. The number of ether oxygens (including phenoxy) is 3. The van der Waals surface area contributed by atoms with E-state index in [1.54, 1.807) is 26.7 Å². The van der Waals surface area contributed by atoms with Crippen LogP contribution in [0.1, 0.15) is 13.8 Å². The lowest BCUT2D eigenvalue weighted by Gasteiger charge is -2.02. The van der Waals surface area contributed by atoms with E-state index in [1.807, 2.05) is 26.0 Å². The molecule has 3 heteroatoms. The zero-order valence-electron chi connectivity index (χ0n) is 8.69. The third kappa shape index (κ3) is 7.56. The zero-order valence-corrected chi connectivity index (χ0v) is 8.69. The van der Waals surface area contributed by atoms with Gasteiger partial charge in [-0.3, -0.25) is 0 Å². The molecule has 0 aliphatic rings. The summed E-state index contributed by atoms with van der Waals surface area (Å²) in [5, 5.41) is 0. The van der Waals surface area contributed by atoms with Crippen LogP contribution in [0.15, 0.2) is 24.7 Å². The standard InChI is InChI=1S/C10H18O3/c1-9(11-3)5-7-13-8-6-10(2)12-4/h5-10H,1-4H3/b7-5+,8-6+. The van der Waals surface area contributed by atoms with Crippen molar-refractivity contribution in [3.63, 3.8) is 0 Å². The van der Waals surface area contributed by atoms with Gasteiger partial charge in [0.25, 0.3) is 0 Å². The monoisotopic (exact) mass is 186 g/mol. The lowest BCUT2D eigenvalue weighted by molar-refractivity contribution is 0.151. The van der Waals surface area contributed by atoms with Gasteiger partial charge in [0.2, 0.25) is 0 Å². The van der Waals surface area contributed by atoms with Crippen LogP contribution in [0.4, 0.5) is 0 Å². The topological polar surface area (TPSA) is 27.7 Å². The van der Waals surface area contributed by atoms with E-state index in [-0.39, 0.29) is 12.2 Å². The van der Waals surface area contributed by atoms with E-state index in [1.165, 1.54) is 0 Å². The molecule has 2 atom stereocenters. The van der Waals surface area contributed by atoms with Crippen LogP contribution in [0.5, 0.6) is 0 Å². The Bertz CT molecular complexity index is 146. The summed E-state index contributed by atoms with van der Waals surface area (Å²) in [5.74, 6) is 0. The first-order valence-electron chi connectivity index (χ1n) is 4.25. The van der Waals surface area contributed by atoms with Gasteiger partial charge in [-0.25, -0.2) is 0 Å². The SMILES string of the molecule is COC(C)/C=C/O/C=C/C(C)OC. The van der Waals surface area contributed by atoms with E-state index in [0.717, 1.165) is 0 Å². The first-order chi connectivity index (χ1) is 6.20. The van der Waals surface area contributed by atoms with Crippen LogP contribution < -0.4 is 0 Å². The van der Waals surface area contributed by atoms with Gasteiger partial charge in [0.15, 0.2) is 0 Å². The predicted octanol–water partition coefficient (Wildman–Crippen LogP) is 2.10. The quantitative estimate of drug-likeness (QED) is 0.594. The Labute approximate surface area is 80.0 Å². The summed E-state index contributed by atoms with van der Waals surface area (Å²) in [7, 11) is 3.30. The molecule has 0 saturated carbocycles. The average Bonchev–Trinajstić information content (AvgIpc) is 2.16. The Morgan fingerprint density at radius 2 is 1.23 bits per heavy atom. The highest BCUT2D eigenvalue weighted by Gasteiger charge is 1.90. The maximum absolute atomic E-state index is 5.06. The van der Waals surface area contributed by atoms with Crippen LogP contribution >= 0.6 is 0 Å². The van der Waals surface area contributed by atoms with Crippen LogP contribution in [-0.4, -0.2) is 26.4 Å². The molecule has 0 fully saturated rings. The number of rotatable bonds is 6. The molecular formula is C10H18O3. The highest BCUT2D eigenvalue weighted by atomic mass is 16.5. The molecule has 0 saturated heterocycles. The van der Waals surface area contributed by atoms with Gasteiger partial charge >= 0.3 is 0 Å². The van der Waals surface area contributed by atoms with Gasteiger partial charge in [-0.05, 0) is 26.0 Å². The molecule has 0 aromatic rings. The van der Waals surface area contributed by atoms with E-state index in [4.69, 9.17) is 14.2 Å². The van der Waals surface area contributed by atoms with E-state index in [0.29, 0.717) is 0 Å². The molecule has 0 spiro atoms. The Morgan fingerprint density at radius 3 is 1.54 bits per heavy atom. The summed E-state index contributed by atoms with van der Waals surface area (Å²) in [6.07, 6.45) is 6.98. The van der Waals surface area contributed by atoms with Crippen LogP contribution in [0, 0.1) is 0 Å². The molecule has 0 radical (unpaired) electrons. The lowest BCUT2D eigenvalue weighted by Crippen LogP contribution is -1.99. The van der Waals surface area contributed by atoms with Gasteiger partial charge in [-0.1, -0.05) is 0 Å². The molecule has 0 heterocycles. The van der Waals surface area contributed by atoms with Gasteiger partial charge in [0.1, 0.15) is 0 Å². The van der Waals surface area contributed by atoms with Crippen molar-refractivity contribution in [2.75, 3.05) is 14.2 Å². The molecule has 0 aliphatic heterocycles. The number of hydrogen-bond donors (Lipinski definition) is 0. The molecular weight excluding hydrogens is 168 g/mol. The molecule has 0 bridgehead atoms. The number of hydrogen-bond acceptors (Lipinski definition) is 3. The van der Waals surface area contributed by atoms with E-state index in [9.17, 15) is 0 Å². The fraction of sp³-hybridized carbons (Fsp3) is 0.600. The molecule has 0 N–H and O–H groups in total. The highest BCUT2D eigenvalue weighted by molar-refractivity contribution is 4.86. The summed E-state index contributed by atoms with van der Waals surface area (Å²) in [5.41, 5.74) is 0. The Hall–Kier alpha value is -0.800. The molecule has 0 aromatic heterocycles. The van der Waals surface area contributed by atoms with Crippen molar-refractivity contribution in [1.82, 2.24) is 0 Å². The average molecular weight is 186 g/mol. The third-order valence-corrected chi connectivity index (χ3v) is 1.60. The Kier molecular flexibility index (Phi) is 7.35. The van der Waals surface area contributed by atoms with E-state index < -0.39 is 0 Å². The fourth-order valence-corrected chi connectivity index (χ4v) is 0.515. The minimum absolute atomic E-state index is 0.0771. The molecule has 76 valence electrons. The van der Waals surface area contributed by atoms with Crippen molar-refractivity contribution in [2.45, 2.75) is 26.1 Å². The minimum Gasteiger partial charge on any atom is -0.473 e. The van der Waals surface area contributed by atoms with Crippen LogP contribution in [0.25, 0.3) is 0 Å². The van der Waals surface area contributed by atoms with Gasteiger partial charge in [-0.2, -0.15) is 0 Å². The Morgan fingerprint density at radius 1 is 0.846 bits per heavy atom. The smallest absolute Gasteiger partial charge is 0.0887 e. The Balaban J connectivity index is 3.54. The second kappa shape index (κ2) is 7.83. The molecule has 3 nitrogen and oxygen atoms in total. The van der Waals surface area contributed by atoms with Crippen molar-refractivity contribution in [2.24, 2.45) is 0 Å². The second-order valence-corrected chi connectivity index (χ2v) is 2.67. The third-order valence-electron chi connectivity index (χ3n) is 1.60. The first-order valence-corrected chi connectivity index (χ1v) is 4.25. The molecule has 2 unspecified atom stereocenters. The summed E-state index contributed by atoms with van der Waals surface area (Å²) >= 11 is 0. The summed E-state index contributed by atoms with van der Waals surface area (Å²) in [4.78, 5) is 0. The van der Waals surface area contributed by atoms with E-state index >= 15 is 0 Å². The van der Waals surface area contributed by atoms with Gasteiger partial charge in [0.05, 0.1) is 24.7 Å². The van der Waals surface area contributed by atoms with Crippen molar-refractivity contribution in [3.8, 4) is 0 Å². The van der Waals surface area contributed by atoms with Crippen LogP contribution in [0.3, 0.4) is 0 Å². The summed E-state index contributed by atoms with van der Waals surface area (Å²) in [6.45, 7) is 3.86. The van der Waals surface area contributed by atoms with Gasteiger partial charge in [0, 0.05) is 14.2 Å². The largest absolute Gasteiger partial charge is 0.473 e.